The van der Waals surface area contributed by atoms with Crippen LogP contribution in [0.15, 0.2) is 48.9 Å². The average Bonchev–Trinajstić information content (AvgIpc) is 3.14. The van der Waals surface area contributed by atoms with Crippen molar-refractivity contribution in [1.29, 1.82) is 0 Å². The summed E-state index contributed by atoms with van der Waals surface area (Å²) in [6, 6.07) is 10.6. The minimum absolute atomic E-state index is 0.0580. The highest BCUT2D eigenvalue weighted by Gasteiger charge is 2.28. The molecule has 2 aromatic carbocycles. The van der Waals surface area contributed by atoms with Gasteiger partial charge >= 0.3 is 6.03 Å². The first kappa shape index (κ1) is 22.3. The third-order valence-electron chi connectivity index (χ3n) is 6.95. The summed E-state index contributed by atoms with van der Waals surface area (Å²) in [5.74, 6) is 2.65. The van der Waals surface area contributed by atoms with Crippen molar-refractivity contribution in [1.82, 2.24) is 29.7 Å². The molecule has 2 aliphatic heterocycles. The Kier molecular flexibility index (Phi) is 5.67. The van der Waals surface area contributed by atoms with Crippen molar-refractivity contribution in [2.24, 2.45) is 0 Å². The molecule has 0 radical (unpaired) electrons. The van der Waals surface area contributed by atoms with Crippen LogP contribution in [0.25, 0.3) is 22.2 Å². The number of rotatable bonds is 2. The van der Waals surface area contributed by atoms with E-state index in [-0.39, 0.29) is 6.03 Å². The maximum Gasteiger partial charge on any atom is 0.320 e. The largest absolute Gasteiger partial charge is 0.491 e. The standard InChI is InChI=1S/C27H29N7O2/c1-18-13-21(20-3-4-23-24(15-20)31-19(2)30-23)14-22-17-34(11-12-36-26(18)22)27(35)33-9-7-32(8-10-33)25-16-28-5-6-29-25/h3-6,13-16H,7-12,17H2,1-2H3,(H,30,31). The number of anilines is 1. The van der Waals surface area contributed by atoms with Gasteiger partial charge < -0.3 is 24.4 Å². The SMILES string of the molecule is Cc1nc2ccc(-c3cc(C)c4c(c3)CN(C(=O)N3CCN(c5cnccn5)CC3)CCO4)cc2[nH]1. The zero-order valence-electron chi connectivity index (χ0n) is 20.6. The van der Waals surface area contributed by atoms with Gasteiger partial charge in [-0.15, -0.1) is 0 Å². The lowest BCUT2D eigenvalue weighted by molar-refractivity contribution is 0.143. The molecule has 4 heterocycles. The highest BCUT2D eigenvalue weighted by molar-refractivity contribution is 5.82. The summed E-state index contributed by atoms with van der Waals surface area (Å²) >= 11 is 0. The highest BCUT2D eigenvalue weighted by Crippen LogP contribution is 2.34. The van der Waals surface area contributed by atoms with Crippen molar-refractivity contribution in [2.45, 2.75) is 20.4 Å². The van der Waals surface area contributed by atoms with E-state index >= 15 is 0 Å². The molecule has 2 amide bonds. The Morgan fingerprint density at radius 2 is 1.83 bits per heavy atom. The highest BCUT2D eigenvalue weighted by atomic mass is 16.5. The number of piperazine rings is 1. The number of aryl methyl sites for hydroxylation is 2. The van der Waals surface area contributed by atoms with Crippen LogP contribution in [-0.2, 0) is 6.54 Å². The Hall–Kier alpha value is -4.14. The molecule has 4 aromatic rings. The number of fused-ring (bicyclic) bond motifs is 2. The summed E-state index contributed by atoms with van der Waals surface area (Å²) in [7, 11) is 0. The molecule has 1 saturated heterocycles. The van der Waals surface area contributed by atoms with Crippen LogP contribution in [0.5, 0.6) is 5.75 Å². The van der Waals surface area contributed by atoms with Crippen LogP contribution in [0.4, 0.5) is 10.6 Å². The molecule has 0 aliphatic carbocycles. The maximum absolute atomic E-state index is 13.5. The van der Waals surface area contributed by atoms with Gasteiger partial charge in [-0.3, -0.25) is 4.98 Å². The van der Waals surface area contributed by atoms with Gasteiger partial charge in [-0.1, -0.05) is 6.07 Å². The van der Waals surface area contributed by atoms with E-state index in [1.54, 1.807) is 18.6 Å². The molecular formula is C27H29N7O2. The Morgan fingerprint density at radius 1 is 0.972 bits per heavy atom. The van der Waals surface area contributed by atoms with E-state index in [9.17, 15) is 4.79 Å². The van der Waals surface area contributed by atoms with Crippen molar-refractivity contribution in [3.05, 3.63) is 65.9 Å². The predicted octanol–water partition coefficient (Wildman–Crippen LogP) is 3.77. The molecule has 6 rings (SSSR count). The third-order valence-corrected chi connectivity index (χ3v) is 6.95. The number of ether oxygens (including phenoxy) is 1. The summed E-state index contributed by atoms with van der Waals surface area (Å²) in [6.07, 6.45) is 5.14. The van der Waals surface area contributed by atoms with Crippen molar-refractivity contribution < 1.29 is 9.53 Å². The van der Waals surface area contributed by atoms with Gasteiger partial charge in [0.2, 0.25) is 0 Å². The second kappa shape index (κ2) is 9.14. The van der Waals surface area contributed by atoms with Crippen LogP contribution in [0.3, 0.4) is 0 Å². The van der Waals surface area contributed by atoms with E-state index in [1.165, 1.54) is 0 Å². The van der Waals surface area contributed by atoms with Crippen LogP contribution in [-0.4, -0.2) is 75.1 Å². The summed E-state index contributed by atoms with van der Waals surface area (Å²) < 4.78 is 6.13. The number of amides is 2. The van der Waals surface area contributed by atoms with E-state index in [2.05, 4.69) is 56.0 Å². The van der Waals surface area contributed by atoms with Gasteiger partial charge in [0.15, 0.2) is 0 Å². The van der Waals surface area contributed by atoms with Crippen LogP contribution in [0.1, 0.15) is 17.0 Å². The molecule has 0 saturated carbocycles. The number of nitrogens with zero attached hydrogens (tertiary/aromatic N) is 6. The second-order valence-electron chi connectivity index (χ2n) is 9.43. The van der Waals surface area contributed by atoms with E-state index in [0.717, 1.165) is 63.8 Å². The second-order valence-corrected chi connectivity index (χ2v) is 9.43. The monoisotopic (exact) mass is 483 g/mol. The molecule has 9 heteroatoms. The first-order valence-electron chi connectivity index (χ1n) is 12.3. The van der Waals surface area contributed by atoms with E-state index in [1.807, 2.05) is 22.8 Å². The molecule has 0 spiro atoms. The van der Waals surface area contributed by atoms with Gasteiger partial charge in [-0.05, 0) is 54.8 Å². The number of H-pyrrole nitrogens is 1. The summed E-state index contributed by atoms with van der Waals surface area (Å²) in [5.41, 5.74) is 6.31. The van der Waals surface area contributed by atoms with Crippen molar-refractivity contribution >= 4 is 22.9 Å². The minimum atomic E-state index is 0.0580. The van der Waals surface area contributed by atoms with Gasteiger partial charge in [0, 0.05) is 44.1 Å². The number of carbonyl (C=O) groups excluding carboxylic acids is 1. The Labute approximate surface area is 209 Å². The van der Waals surface area contributed by atoms with E-state index in [4.69, 9.17) is 4.74 Å². The summed E-state index contributed by atoms with van der Waals surface area (Å²) in [5, 5.41) is 0. The quantitative estimate of drug-likeness (QED) is 0.467. The molecular weight excluding hydrogens is 454 g/mol. The number of aromatic nitrogens is 4. The maximum atomic E-state index is 13.5. The molecule has 1 fully saturated rings. The molecule has 0 unspecified atom stereocenters. The van der Waals surface area contributed by atoms with Crippen molar-refractivity contribution in [2.75, 3.05) is 44.2 Å². The average molecular weight is 484 g/mol. The number of carbonyl (C=O) groups is 1. The molecule has 9 nitrogen and oxygen atoms in total. The molecule has 0 atom stereocenters. The van der Waals surface area contributed by atoms with Crippen LogP contribution < -0.4 is 9.64 Å². The first-order chi connectivity index (χ1) is 17.5. The van der Waals surface area contributed by atoms with Crippen molar-refractivity contribution in [3.8, 4) is 16.9 Å². The minimum Gasteiger partial charge on any atom is -0.491 e. The van der Waals surface area contributed by atoms with Gasteiger partial charge in [-0.2, -0.15) is 0 Å². The lowest BCUT2D eigenvalue weighted by Gasteiger charge is -2.37. The fourth-order valence-corrected chi connectivity index (χ4v) is 5.14. The fourth-order valence-electron chi connectivity index (χ4n) is 5.14. The van der Waals surface area contributed by atoms with Gasteiger partial charge in [0.05, 0.1) is 30.3 Å². The molecule has 0 bridgehead atoms. The summed E-state index contributed by atoms with van der Waals surface area (Å²) in [6.45, 7) is 8.40. The normalized spacial score (nSPS) is 16.0. The van der Waals surface area contributed by atoms with Crippen LogP contribution >= 0.6 is 0 Å². The van der Waals surface area contributed by atoms with E-state index in [0.29, 0.717) is 32.8 Å². The Morgan fingerprint density at radius 3 is 2.64 bits per heavy atom. The van der Waals surface area contributed by atoms with Crippen LogP contribution in [0.2, 0.25) is 0 Å². The lowest BCUT2D eigenvalue weighted by atomic mass is 9.98. The number of imidazole rings is 1. The number of aromatic amines is 1. The molecule has 184 valence electrons. The first-order valence-corrected chi connectivity index (χ1v) is 12.3. The zero-order chi connectivity index (χ0) is 24.6. The molecule has 36 heavy (non-hydrogen) atoms. The van der Waals surface area contributed by atoms with Crippen molar-refractivity contribution in [3.63, 3.8) is 0 Å². The number of hydrogen-bond donors (Lipinski definition) is 1. The topological polar surface area (TPSA) is 90.5 Å². The van der Waals surface area contributed by atoms with Gasteiger partial charge in [-0.25, -0.2) is 14.8 Å². The number of nitrogens with one attached hydrogen (secondary N) is 1. The molecule has 2 aromatic heterocycles. The fraction of sp³-hybridized carbons (Fsp3) is 0.333. The Balaban J connectivity index is 1.21. The number of hydrogen-bond acceptors (Lipinski definition) is 6. The zero-order valence-corrected chi connectivity index (χ0v) is 20.6. The van der Waals surface area contributed by atoms with Gasteiger partial charge in [0.1, 0.15) is 24.0 Å². The smallest absolute Gasteiger partial charge is 0.320 e. The van der Waals surface area contributed by atoms with Gasteiger partial charge in [0.25, 0.3) is 0 Å². The number of urea groups is 1. The third kappa shape index (κ3) is 4.21. The Bertz CT molecular complexity index is 1410. The predicted molar refractivity (Wildman–Crippen MR) is 138 cm³/mol. The number of benzene rings is 2. The molecule has 1 N–H and O–H groups in total. The van der Waals surface area contributed by atoms with E-state index < -0.39 is 0 Å². The lowest BCUT2D eigenvalue weighted by Crippen LogP contribution is -2.53. The molecule has 2 aliphatic rings. The van der Waals surface area contributed by atoms with Crippen LogP contribution in [0, 0.1) is 13.8 Å². The summed E-state index contributed by atoms with van der Waals surface area (Å²) in [4.78, 5) is 35.9.